The fourth-order valence-electron chi connectivity index (χ4n) is 9.03. The van der Waals surface area contributed by atoms with Gasteiger partial charge in [-0.05, 0) is 19.9 Å². The number of nitrogens with zero attached hydrogens (tertiary/aromatic N) is 2. The number of methoxy groups -OCH3 is 1. The average molecular weight is 846 g/mol. The van der Waals surface area contributed by atoms with Gasteiger partial charge in [-0.15, -0.1) is 0 Å². The summed E-state index contributed by atoms with van der Waals surface area (Å²) >= 11 is 0. The van der Waals surface area contributed by atoms with Crippen molar-refractivity contribution in [2.45, 2.75) is 117 Å². The van der Waals surface area contributed by atoms with Gasteiger partial charge in [-0.1, -0.05) is 52.8 Å². The van der Waals surface area contributed by atoms with Crippen molar-refractivity contribution in [1.82, 2.24) is 15.5 Å². The summed E-state index contributed by atoms with van der Waals surface area (Å²) < 4.78 is 24.2. The van der Waals surface area contributed by atoms with Crippen molar-refractivity contribution in [3.05, 3.63) is 69.8 Å². The number of piperidine rings is 1. The molecule has 6 N–H and O–H groups in total. The number of nitrogens with one attached hydrogen (secondary N) is 3. The molecule has 1 aromatic rings. The van der Waals surface area contributed by atoms with Gasteiger partial charge in [0.05, 0.1) is 47.1 Å². The van der Waals surface area contributed by atoms with Gasteiger partial charge in [-0.3, -0.25) is 29.6 Å². The molecule has 1 saturated heterocycles. The summed E-state index contributed by atoms with van der Waals surface area (Å²) in [5.74, 6) is -6.35. The lowest BCUT2D eigenvalue weighted by molar-refractivity contribution is -0.160. The summed E-state index contributed by atoms with van der Waals surface area (Å²) in [6.07, 6.45) is 5.09. The molecule has 2 amide bonds. The summed E-state index contributed by atoms with van der Waals surface area (Å²) in [7, 11) is 1.47. The lowest BCUT2D eigenvalue weighted by atomic mass is 9.78. The maximum atomic E-state index is 14.7. The molecule has 16 nitrogen and oxygen atoms in total. The number of ether oxygens (including phenoxy) is 4. The van der Waals surface area contributed by atoms with E-state index in [0.29, 0.717) is 32.4 Å². The maximum Gasteiger partial charge on any atom is 0.302 e. The second kappa shape index (κ2) is 17.2. The molecule has 0 radical (unpaired) electrons. The number of hydrogen-bond donors (Lipinski definition) is 6. The van der Waals surface area contributed by atoms with Crippen molar-refractivity contribution in [2.24, 2.45) is 28.7 Å². The van der Waals surface area contributed by atoms with Gasteiger partial charge in [0.1, 0.15) is 34.7 Å². The maximum absolute atomic E-state index is 14.7. The number of amides is 2. The Bertz CT molecular complexity index is 2170. The number of carbonyl (C=O) groups excluding carboxylic acids is 4. The largest absolute Gasteiger partial charge is 0.507 e. The number of rotatable bonds is 3. The number of aliphatic imine (C=N–C) groups is 1. The molecule has 7 rings (SSSR count). The number of carbonyl (C=O) groups is 4. The number of aliphatic hydroxyl groups excluding tert-OH is 2. The standard InChI is InChI=1S/C45H59N5O11/c1-11-29(52)50-18-16-45(17-19-50)48-33-30-31-38(55)26(7)41-32(30)42(46)44(9,61-41)59-20-15-28(58-10)23(4)40(60-27(8)51)25(6)37(54)24(5)36(53)21(2)13-12-14-22(3)43(57)47-35(39(31)56)34(33)49-45/h12-15,20-21,23-25,28,36-37,40,46,49,53-55H,11,16-19H2,1-10H3,(H,47,57)/b13-12+,20-15+,22-14-,46-42?/t21-,23+,24+,25+,28-,36-,37+,40+,44-/m0/s1. The molecule has 5 heterocycles. The third-order valence-corrected chi connectivity index (χ3v) is 13.0. The molecule has 9 atom stereocenters. The molecule has 6 aliphatic rings. The van der Waals surface area contributed by atoms with E-state index < -0.39 is 82.9 Å². The van der Waals surface area contributed by atoms with Crippen LogP contribution in [0.3, 0.4) is 0 Å². The van der Waals surface area contributed by atoms with Crippen LogP contribution >= 0.6 is 0 Å². The molecule has 1 aliphatic carbocycles. The van der Waals surface area contributed by atoms with Gasteiger partial charge in [0, 0.05) is 93.7 Å². The smallest absolute Gasteiger partial charge is 0.302 e. The van der Waals surface area contributed by atoms with Crippen LogP contribution in [-0.2, 0) is 28.6 Å². The van der Waals surface area contributed by atoms with Crippen LogP contribution < -0.4 is 15.4 Å². The average Bonchev–Trinajstić information content (AvgIpc) is 3.73. The first-order valence-corrected chi connectivity index (χ1v) is 20.9. The minimum Gasteiger partial charge on any atom is -0.507 e. The number of aromatic hydroxyl groups is 1. The first-order chi connectivity index (χ1) is 28.7. The van der Waals surface area contributed by atoms with Crippen molar-refractivity contribution in [3.63, 3.8) is 0 Å². The highest BCUT2D eigenvalue weighted by Crippen LogP contribution is 2.50. The van der Waals surface area contributed by atoms with Gasteiger partial charge < -0.3 is 49.8 Å². The Balaban J connectivity index is 1.50. The number of benzene rings is 1. The number of aliphatic hydroxyl groups is 2. The number of Topliss-reactive ketones (excluding diaryl/α,β-unsaturated/α-hetero) is 1. The normalized spacial score (nSPS) is 33.4. The third-order valence-electron chi connectivity index (χ3n) is 13.0. The van der Waals surface area contributed by atoms with Crippen molar-refractivity contribution in [3.8, 4) is 11.5 Å². The highest BCUT2D eigenvalue weighted by atomic mass is 16.7. The molecule has 0 saturated carbocycles. The Morgan fingerprint density at radius 2 is 1.67 bits per heavy atom. The minimum atomic E-state index is -1.78. The number of ketones is 1. The molecule has 5 aliphatic heterocycles. The number of esters is 1. The Hall–Kier alpha value is -5.32. The van der Waals surface area contributed by atoms with Gasteiger partial charge in [-0.25, -0.2) is 0 Å². The zero-order valence-corrected chi connectivity index (χ0v) is 36.5. The Morgan fingerprint density at radius 1 is 1.00 bits per heavy atom. The lowest BCUT2D eigenvalue weighted by Gasteiger charge is -2.38. The van der Waals surface area contributed by atoms with E-state index in [1.54, 1.807) is 71.6 Å². The molecular formula is C45H59N5O11. The third kappa shape index (κ3) is 8.12. The summed E-state index contributed by atoms with van der Waals surface area (Å²) in [5.41, 5.74) is -0.261. The van der Waals surface area contributed by atoms with Crippen molar-refractivity contribution < 1.29 is 53.4 Å². The number of allylic oxidation sites excluding steroid dienone is 4. The van der Waals surface area contributed by atoms with Crippen LogP contribution in [0.5, 0.6) is 11.5 Å². The molecule has 330 valence electrons. The van der Waals surface area contributed by atoms with Crippen molar-refractivity contribution >= 4 is 35.0 Å². The van der Waals surface area contributed by atoms with Gasteiger partial charge >= 0.3 is 5.97 Å². The fourth-order valence-corrected chi connectivity index (χ4v) is 9.03. The van der Waals surface area contributed by atoms with Crippen LogP contribution in [0.2, 0.25) is 0 Å². The number of phenolic OH excluding ortho intramolecular Hbond substituents is 1. The summed E-state index contributed by atoms with van der Waals surface area (Å²) in [6, 6.07) is 0. The fraction of sp³-hybridized carbons (Fsp3) is 0.556. The van der Waals surface area contributed by atoms with E-state index in [9.17, 15) is 39.9 Å². The van der Waals surface area contributed by atoms with Crippen LogP contribution in [-0.4, -0.2) is 111 Å². The molecular weight excluding hydrogens is 787 g/mol. The summed E-state index contributed by atoms with van der Waals surface area (Å²) in [4.78, 5) is 60.5. The van der Waals surface area contributed by atoms with Gasteiger partial charge in [-0.2, -0.15) is 0 Å². The van der Waals surface area contributed by atoms with E-state index >= 15 is 0 Å². The van der Waals surface area contributed by atoms with Gasteiger partial charge in [0.15, 0.2) is 0 Å². The van der Waals surface area contributed by atoms with E-state index in [0.717, 1.165) is 0 Å². The number of likely N-dealkylation sites (tertiary alicyclic amines) is 1. The molecule has 0 aromatic heterocycles. The first-order valence-electron chi connectivity index (χ1n) is 20.9. The Morgan fingerprint density at radius 3 is 2.30 bits per heavy atom. The van der Waals surface area contributed by atoms with Crippen LogP contribution in [0.1, 0.15) is 102 Å². The van der Waals surface area contributed by atoms with Crippen LogP contribution in [0.4, 0.5) is 0 Å². The number of phenols is 1. The van der Waals surface area contributed by atoms with Crippen LogP contribution in [0.25, 0.3) is 0 Å². The van der Waals surface area contributed by atoms with E-state index in [2.05, 4.69) is 10.6 Å². The van der Waals surface area contributed by atoms with E-state index in [4.69, 9.17) is 23.9 Å². The zero-order chi connectivity index (χ0) is 44.9. The second-order valence-electron chi connectivity index (χ2n) is 17.1. The molecule has 16 heteroatoms. The van der Waals surface area contributed by atoms with E-state index in [1.807, 2.05) is 0 Å². The number of fused-ring (bicyclic) bond motifs is 13. The predicted molar refractivity (Wildman–Crippen MR) is 225 cm³/mol. The summed E-state index contributed by atoms with van der Waals surface area (Å²) in [6.45, 7) is 15.5. The second-order valence-corrected chi connectivity index (χ2v) is 17.1. The van der Waals surface area contributed by atoms with E-state index in [-0.39, 0.29) is 62.3 Å². The molecule has 61 heavy (non-hydrogen) atoms. The molecule has 1 spiro atoms. The highest BCUT2D eigenvalue weighted by molar-refractivity contribution is 6.34. The zero-order valence-electron chi connectivity index (χ0n) is 36.5. The van der Waals surface area contributed by atoms with Gasteiger partial charge in [0.2, 0.25) is 11.7 Å². The molecule has 0 unspecified atom stereocenters. The topological polar surface area (TPSA) is 229 Å². The summed E-state index contributed by atoms with van der Waals surface area (Å²) in [5, 5.41) is 50.5. The molecule has 1 fully saturated rings. The molecule has 1 aromatic carbocycles. The van der Waals surface area contributed by atoms with Crippen molar-refractivity contribution in [1.29, 1.82) is 5.41 Å². The minimum absolute atomic E-state index is 0.00726. The molecule has 5 bridgehead atoms. The lowest BCUT2D eigenvalue weighted by Crippen LogP contribution is -2.51. The Labute approximate surface area is 356 Å². The number of hydrogen-bond acceptors (Lipinski definition) is 14. The monoisotopic (exact) mass is 845 g/mol. The van der Waals surface area contributed by atoms with Crippen molar-refractivity contribution in [2.75, 3.05) is 20.2 Å². The Kier molecular flexibility index (Phi) is 12.8. The van der Waals surface area contributed by atoms with E-state index in [1.165, 1.54) is 33.3 Å². The highest BCUT2D eigenvalue weighted by Gasteiger charge is 2.53. The van der Waals surface area contributed by atoms with Gasteiger partial charge in [0.25, 0.3) is 11.7 Å². The quantitative estimate of drug-likeness (QED) is 0.237. The predicted octanol–water partition coefficient (Wildman–Crippen LogP) is 4.08. The first kappa shape index (κ1) is 45.2. The van der Waals surface area contributed by atoms with Crippen LogP contribution in [0, 0.1) is 36.0 Å². The SMILES string of the molecule is CCC(=O)N1CCC2(CC1)N=C1C(=C3NC(=O)/C(C)=C\C=C\[C@H](C)[C@H](O)[C@@H](C)[C@@H](O)[C@@H](C)[C@H](OC(C)=O)[C@H](C)[C@@H](OC)/C=C/O[C@@]4(C)Oc5c(C)c(O)c(c1c5C4=N)C3=O)N2. The van der Waals surface area contributed by atoms with Crippen LogP contribution in [0.15, 0.2) is 52.5 Å².